The van der Waals surface area contributed by atoms with Gasteiger partial charge in [-0.3, -0.25) is 33.3 Å². The van der Waals surface area contributed by atoms with Gasteiger partial charge in [0.25, 0.3) is 5.56 Å². The number of rotatable bonds is 8. The summed E-state index contributed by atoms with van der Waals surface area (Å²) in [5.74, 6) is -2.17. The smallest absolute Gasteiger partial charge is 0.306 e. The van der Waals surface area contributed by atoms with Crippen LogP contribution in [0.1, 0.15) is 116 Å². The monoisotopic (exact) mass is 837 g/mol. The zero-order valence-electron chi connectivity index (χ0n) is 33.4. The third kappa shape index (κ3) is 8.49. The maximum atomic E-state index is 15.1. The van der Waals surface area contributed by atoms with E-state index in [1.807, 2.05) is 6.92 Å². The average molecular weight is 838 g/mol. The largest absolute Gasteiger partial charge is 0.473 e. The average Bonchev–Trinajstić information content (AvgIpc) is 4.09. The fourth-order valence-corrected chi connectivity index (χ4v) is 12.0. The van der Waals surface area contributed by atoms with Crippen molar-refractivity contribution in [3.05, 3.63) is 51.8 Å². The van der Waals surface area contributed by atoms with Gasteiger partial charge >= 0.3 is 5.97 Å². The van der Waals surface area contributed by atoms with E-state index < -0.39 is 50.6 Å². The van der Waals surface area contributed by atoms with Gasteiger partial charge in [-0.2, -0.15) is 0 Å². The number of sulfonamides is 1. The molecule has 0 unspecified atom stereocenters. The molecular formula is C44H56ClN3O9S. The van der Waals surface area contributed by atoms with Crippen molar-refractivity contribution in [1.29, 1.82) is 0 Å². The Kier molecular flexibility index (Phi) is 11.8. The molecule has 2 bridgehead atoms. The molecule has 4 saturated carbocycles. The number of esters is 1. The molecule has 1 N–H and O–H groups in total. The van der Waals surface area contributed by atoms with Gasteiger partial charge in [-0.25, -0.2) is 8.42 Å². The second-order valence-electron chi connectivity index (χ2n) is 17.9. The van der Waals surface area contributed by atoms with Crippen molar-refractivity contribution in [2.75, 3.05) is 6.54 Å². The van der Waals surface area contributed by atoms with Gasteiger partial charge in [0, 0.05) is 35.9 Å². The van der Waals surface area contributed by atoms with Crippen LogP contribution in [-0.4, -0.2) is 71.5 Å². The number of nitrogens with zero attached hydrogens (tertiary/aromatic N) is 2. The first-order chi connectivity index (χ1) is 27.9. The maximum absolute atomic E-state index is 15.1. The molecule has 2 aromatic rings. The van der Waals surface area contributed by atoms with Crippen LogP contribution >= 0.6 is 11.6 Å². The van der Waals surface area contributed by atoms with Gasteiger partial charge in [0.2, 0.25) is 21.8 Å². The summed E-state index contributed by atoms with van der Waals surface area (Å²) in [5.41, 5.74) is -1.43. The van der Waals surface area contributed by atoms with Crippen molar-refractivity contribution in [2.45, 2.75) is 146 Å². The number of ether oxygens (including phenoxy) is 2. The van der Waals surface area contributed by atoms with Crippen molar-refractivity contribution in [2.24, 2.45) is 29.1 Å². The summed E-state index contributed by atoms with van der Waals surface area (Å²) >= 11 is 6.37. The van der Waals surface area contributed by atoms with E-state index in [1.54, 1.807) is 33.7 Å². The van der Waals surface area contributed by atoms with Crippen LogP contribution in [0.3, 0.4) is 0 Å². The lowest BCUT2D eigenvalue weighted by Crippen LogP contribution is -2.48. The number of Topliss-reactive ketones (excluding diaryl/α,β-unsaturated/α-hetero) is 1. The van der Waals surface area contributed by atoms with Crippen LogP contribution in [0.5, 0.6) is 5.88 Å². The molecule has 7 atom stereocenters. The van der Waals surface area contributed by atoms with Crippen molar-refractivity contribution >= 4 is 56.0 Å². The SMILES string of the molecule is CC[C@@H]1C[C@]1(CC(=O)[C@@H]1C[C@@H]2CN1C(=O)[C@H](C1CCCCC1)CC(=O)O[C@@H]1CCC[C@H]1C/C=C/CCn1c(cc3cc(Cl)ccc3c1=O)O2)C(=O)NS(=O)(=O)C1CC1. The van der Waals surface area contributed by atoms with E-state index >= 15 is 4.79 Å². The number of nitrogens with one attached hydrogen (secondary N) is 1. The zero-order chi connectivity index (χ0) is 40.8. The number of carbonyl (C=O) groups excluding carboxylic acids is 4. The lowest BCUT2D eigenvalue weighted by atomic mass is 9.77. The Morgan fingerprint density at radius 2 is 1.72 bits per heavy atom. The molecule has 2 amide bonds. The minimum atomic E-state index is -3.84. The van der Waals surface area contributed by atoms with Crippen molar-refractivity contribution in [1.82, 2.24) is 14.2 Å². The molecule has 314 valence electrons. The predicted molar refractivity (Wildman–Crippen MR) is 219 cm³/mol. The zero-order valence-corrected chi connectivity index (χ0v) is 34.9. The highest BCUT2D eigenvalue weighted by Gasteiger charge is 2.62. The predicted octanol–water partition coefficient (Wildman–Crippen LogP) is 6.64. The van der Waals surface area contributed by atoms with Gasteiger partial charge in [0.1, 0.15) is 12.2 Å². The quantitative estimate of drug-likeness (QED) is 0.228. The molecule has 1 saturated heterocycles. The molecule has 6 aliphatic rings. The van der Waals surface area contributed by atoms with Gasteiger partial charge in [0.15, 0.2) is 11.7 Å². The summed E-state index contributed by atoms with van der Waals surface area (Å²) in [6, 6.07) is 5.90. The Bertz CT molecular complexity index is 2140. The number of carbonyl (C=O) groups is 4. The number of amides is 2. The Hall–Kier alpha value is -3.71. The fourth-order valence-electron chi connectivity index (χ4n) is 10.4. The van der Waals surface area contributed by atoms with Gasteiger partial charge in [-0.05, 0) is 106 Å². The van der Waals surface area contributed by atoms with E-state index in [0.717, 1.165) is 57.8 Å². The number of hydrogen-bond acceptors (Lipinski definition) is 9. The van der Waals surface area contributed by atoms with Crippen LogP contribution in [0.15, 0.2) is 41.2 Å². The molecule has 14 heteroatoms. The molecule has 5 fully saturated rings. The third-order valence-corrected chi connectivity index (χ3v) is 16.1. The molecular weight excluding hydrogens is 782 g/mol. The van der Waals surface area contributed by atoms with Gasteiger partial charge in [0.05, 0.1) is 35.6 Å². The minimum Gasteiger partial charge on any atom is -0.473 e. The molecule has 12 nitrogen and oxygen atoms in total. The number of benzene rings is 1. The van der Waals surface area contributed by atoms with Crippen molar-refractivity contribution in [3.63, 3.8) is 0 Å². The second kappa shape index (κ2) is 16.7. The van der Waals surface area contributed by atoms with E-state index in [4.69, 9.17) is 21.1 Å². The molecule has 1 aromatic carbocycles. The number of fused-ring (bicyclic) bond motifs is 5. The van der Waals surface area contributed by atoms with Crippen molar-refractivity contribution in [3.8, 4) is 5.88 Å². The summed E-state index contributed by atoms with van der Waals surface area (Å²) in [6.07, 6.45) is 13.4. The van der Waals surface area contributed by atoms with Crippen LogP contribution < -0.4 is 15.0 Å². The van der Waals surface area contributed by atoms with Crippen LogP contribution in [0.4, 0.5) is 0 Å². The van der Waals surface area contributed by atoms with Gasteiger partial charge in [-0.1, -0.05) is 56.4 Å². The Balaban J connectivity index is 1.15. The first-order valence-corrected chi connectivity index (χ1v) is 23.5. The number of ketones is 1. The number of pyridine rings is 1. The van der Waals surface area contributed by atoms with Crippen LogP contribution in [0.25, 0.3) is 10.8 Å². The molecule has 2 aliphatic heterocycles. The molecule has 0 spiro atoms. The highest BCUT2D eigenvalue weighted by molar-refractivity contribution is 7.90. The summed E-state index contributed by atoms with van der Waals surface area (Å²) < 4.78 is 42.5. The molecule has 0 radical (unpaired) electrons. The Labute approximate surface area is 345 Å². The van der Waals surface area contributed by atoms with Crippen molar-refractivity contribution < 1.29 is 37.1 Å². The topological polar surface area (TPSA) is 158 Å². The van der Waals surface area contributed by atoms with Gasteiger partial charge in [-0.15, -0.1) is 0 Å². The van der Waals surface area contributed by atoms with E-state index in [-0.39, 0.29) is 66.9 Å². The molecule has 4 aliphatic carbocycles. The van der Waals surface area contributed by atoms with Crippen LogP contribution in [-0.2, 0) is 40.5 Å². The Morgan fingerprint density at radius 1 is 0.948 bits per heavy atom. The first kappa shape index (κ1) is 41.0. The summed E-state index contributed by atoms with van der Waals surface area (Å²) in [7, 11) is -3.84. The van der Waals surface area contributed by atoms with Gasteiger partial charge < -0.3 is 14.4 Å². The van der Waals surface area contributed by atoms with Crippen LogP contribution in [0.2, 0.25) is 5.02 Å². The molecule has 58 heavy (non-hydrogen) atoms. The first-order valence-electron chi connectivity index (χ1n) is 21.6. The molecule has 8 rings (SSSR count). The lowest BCUT2D eigenvalue weighted by molar-refractivity contribution is -0.157. The number of hydrogen-bond donors (Lipinski definition) is 1. The second-order valence-corrected chi connectivity index (χ2v) is 20.3. The summed E-state index contributed by atoms with van der Waals surface area (Å²) in [5, 5.41) is 0.975. The fraction of sp³-hybridized carbons (Fsp3) is 0.659. The highest BCUT2D eigenvalue weighted by Crippen LogP contribution is 2.58. The number of halogens is 1. The molecule has 3 heterocycles. The normalized spacial score (nSPS) is 31.7. The van der Waals surface area contributed by atoms with Crippen LogP contribution in [0, 0.1) is 29.1 Å². The maximum Gasteiger partial charge on any atom is 0.306 e. The van der Waals surface area contributed by atoms with E-state index in [2.05, 4.69) is 16.9 Å². The lowest BCUT2D eigenvalue weighted by Gasteiger charge is -2.34. The number of allylic oxidation sites excluding steroid dienone is 2. The highest BCUT2D eigenvalue weighted by atomic mass is 35.5. The van der Waals surface area contributed by atoms with E-state index in [9.17, 15) is 27.6 Å². The molecule has 1 aromatic heterocycles. The Morgan fingerprint density at radius 3 is 2.47 bits per heavy atom. The van der Waals surface area contributed by atoms with E-state index in [0.29, 0.717) is 60.3 Å². The third-order valence-electron chi connectivity index (χ3n) is 14.0. The standard InChI is InChI=1S/C44H56ClN3O9S/c1-2-30-24-44(30,43(53)46-58(54,55)33-16-17-33)25-37(49)36-22-32-26-48(36)42(52)35(27-10-5-3-6-11-27)23-40(50)57-38-14-9-13-28(38)12-7-4-8-19-47-39(56-32)21-29-20-31(45)15-18-34(29)41(47)51/h4,7,15,18,20-21,27-28,30,32-33,35-36,38H,2-3,5-6,8-14,16-17,19,22-26H2,1H3,(H,46,53)/b7-4+/t28-,30-,32-,35+,36+,38-,44-/m1/s1. The summed E-state index contributed by atoms with van der Waals surface area (Å²) in [6.45, 7) is 2.28. The number of aromatic nitrogens is 1. The minimum absolute atomic E-state index is 0.0341. The van der Waals surface area contributed by atoms with E-state index in [1.165, 1.54) is 0 Å². The summed E-state index contributed by atoms with van der Waals surface area (Å²) in [4.78, 5) is 72.9.